The van der Waals surface area contributed by atoms with Gasteiger partial charge in [-0.25, -0.2) is 5.43 Å². The van der Waals surface area contributed by atoms with Gasteiger partial charge < -0.3 is 9.84 Å². The predicted octanol–water partition coefficient (Wildman–Crippen LogP) is 2.96. The van der Waals surface area contributed by atoms with Gasteiger partial charge in [0.1, 0.15) is 11.5 Å². The molecule has 2 rings (SSSR count). The van der Waals surface area contributed by atoms with Crippen LogP contribution in [0.2, 0.25) is 5.02 Å². The van der Waals surface area contributed by atoms with E-state index in [0.717, 1.165) is 0 Å². The van der Waals surface area contributed by atoms with Crippen LogP contribution in [0.5, 0.6) is 11.5 Å². The van der Waals surface area contributed by atoms with Gasteiger partial charge in [0.2, 0.25) is 0 Å². The predicted molar refractivity (Wildman–Crippen MR) is 85.4 cm³/mol. The lowest BCUT2D eigenvalue weighted by Crippen LogP contribution is -2.25. The first-order chi connectivity index (χ1) is 10.6. The van der Waals surface area contributed by atoms with Crippen molar-refractivity contribution in [3.63, 3.8) is 0 Å². The van der Waals surface area contributed by atoms with Gasteiger partial charge >= 0.3 is 0 Å². The molecule has 0 aliphatic rings. The summed E-state index contributed by atoms with van der Waals surface area (Å²) in [7, 11) is 0. The fourth-order valence-electron chi connectivity index (χ4n) is 1.68. The highest BCUT2D eigenvalue weighted by Gasteiger charge is 2.05. The average molecular weight is 319 g/mol. The van der Waals surface area contributed by atoms with Gasteiger partial charge in [0.15, 0.2) is 6.61 Å². The topological polar surface area (TPSA) is 70.9 Å². The number of carbonyl (C=O) groups excluding carboxylic acids is 1. The third-order valence-corrected chi connectivity index (χ3v) is 3.12. The molecule has 0 aromatic heterocycles. The number of hydrogen-bond donors (Lipinski definition) is 2. The van der Waals surface area contributed by atoms with Crippen LogP contribution in [0.25, 0.3) is 0 Å². The fraction of sp³-hybridized carbons (Fsp3) is 0.125. The van der Waals surface area contributed by atoms with E-state index in [1.54, 1.807) is 55.5 Å². The standard InChI is InChI=1S/C16H15ClN2O3/c1-11(12-5-4-6-13(20)9-12)18-19-16(21)10-22-15-8-3-2-7-14(15)17/h2-9,20H,10H2,1H3,(H,19,21)/b18-11-. The Hall–Kier alpha value is -2.53. The van der Waals surface area contributed by atoms with Crippen molar-refractivity contribution in [2.24, 2.45) is 5.10 Å². The molecule has 6 heteroatoms. The number of hydrazone groups is 1. The SMILES string of the molecule is C/C(=N/NC(=O)COc1ccccc1Cl)c1cccc(O)c1. The molecule has 5 nitrogen and oxygen atoms in total. The first kappa shape index (κ1) is 15.9. The second kappa shape index (κ2) is 7.47. The molecule has 0 atom stereocenters. The lowest BCUT2D eigenvalue weighted by molar-refractivity contribution is -0.123. The van der Waals surface area contributed by atoms with Crippen LogP contribution in [0.1, 0.15) is 12.5 Å². The van der Waals surface area contributed by atoms with Crippen molar-refractivity contribution >= 4 is 23.2 Å². The molecule has 0 aliphatic carbocycles. The number of halogens is 1. The molecule has 0 fully saturated rings. The number of aromatic hydroxyl groups is 1. The van der Waals surface area contributed by atoms with Gasteiger partial charge in [-0.05, 0) is 31.2 Å². The largest absolute Gasteiger partial charge is 0.508 e. The van der Waals surface area contributed by atoms with Gasteiger partial charge in [-0.3, -0.25) is 4.79 Å². The summed E-state index contributed by atoms with van der Waals surface area (Å²) in [6.07, 6.45) is 0. The maximum absolute atomic E-state index is 11.7. The average Bonchev–Trinajstić information content (AvgIpc) is 2.52. The number of phenolic OH excluding ortho intramolecular Hbond substituents is 1. The second-order valence-electron chi connectivity index (χ2n) is 4.50. The Morgan fingerprint density at radius 2 is 2.05 bits per heavy atom. The van der Waals surface area contributed by atoms with E-state index < -0.39 is 5.91 Å². The van der Waals surface area contributed by atoms with Crippen LogP contribution in [0, 0.1) is 0 Å². The van der Waals surface area contributed by atoms with Crippen LogP contribution in [0.3, 0.4) is 0 Å². The number of carbonyl (C=O) groups is 1. The highest BCUT2D eigenvalue weighted by molar-refractivity contribution is 6.32. The minimum Gasteiger partial charge on any atom is -0.508 e. The van der Waals surface area contributed by atoms with Crippen LogP contribution >= 0.6 is 11.6 Å². The molecule has 0 aliphatic heterocycles. The Balaban J connectivity index is 1.90. The van der Waals surface area contributed by atoms with Gasteiger partial charge in [-0.2, -0.15) is 5.10 Å². The Kier molecular flexibility index (Phi) is 5.38. The molecular weight excluding hydrogens is 304 g/mol. The number of rotatable bonds is 5. The Labute approximate surface area is 133 Å². The van der Waals surface area contributed by atoms with E-state index in [0.29, 0.717) is 22.0 Å². The summed E-state index contributed by atoms with van der Waals surface area (Å²) in [6.45, 7) is 1.53. The van der Waals surface area contributed by atoms with Crippen molar-refractivity contribution in [3.8, 4) is 11.5 Å². The summed E-state index contributed by atoms with van der Waals surface area (Å²) in [5.41, 5.74) is 3.68. The number of nitrogens with one attached hydrogen (secondary N) is 1. The van der Waals surface area contributed by atoms with E-state index in [-0.39, 0.29) is 12.4 Å². The Morgan fingerprint density at radius 3 is 2.77 bits per heavy atom. The number of phenols is 1. The number of para-hydroxylation sites is 1. The molecule has 0 saturated carbocycles. The highest BCUT2D eigenvalue weighted by Crippen LogP contribution is 2.22. The molecule has 22 heavy (non-hydrogen) atoms. The van der Waals surface area contributed by atoms with Crippen molar-refractivity contribution in [3.05, 3.63) is 59.1 Å². The smallest absolute Gasteiger partial charge is 0.277 e. The maximum atomic E-state index is 11.7. The quantitative estimate of drug-likeness (QED) is 0.657. The normalized spacial score (nSPS) is 11.1. The van der Waals surface area contributed by atoms with E-state index >= 15 is 0 Å². The van der Waals surface area contributed by atoms with Gasteiger partial charge in [0, 0.05) is 5.56 Å². The number of ether oxygens (including phenoxy) is 1. The molecule has 2 aromatic carbocycles. The monoisotopic (exact) mass is 318 g/mol. The Bertz CT molecular complexity index is 701. The number of hydrogen-bond acceptors (Lipinski definition) is 4. The summed E-state index contributed by atoms with van der Waals surface area (Å²) in [4.78, 5) is 11.7. The van der Waals surface area contributed by atoms with Crippen molar-refractivity contribution in [2.75, 3.05) is 6.61 Å². The van der Waals surface area contributed by atoms with E-state index in [1.807, 2.05) is 0 Å². The van der Waals surface area contributed by atoms with Crippen molar-refractivity contribution in [1.82, 2.24) is 5.43 Å². The first-order valence-corrected chi connectivity index (χ1v) is 6.94. The molecule has 0 heterocycles. The zero-order chi connectivity index (χ0) is 15.9. The number of nitrogens with zero attached hydrogens (tertiary/aromatic N) is 1. The van der Waals surface area contributed by atoms with Crippen LogP contribution in [0.4, 0.5) is 0 Å². The lowest BCUT2D eigenvalue weighted by atomic mass is 10.1. The van der Waals surface area contributed by atoms with Gasteiger partial charge in [0.05, 0.1) is 10.7 Å². The number of amides is 1. The third-order valence-electron chi connectivity index (χ3n) is 2.81. The molecule has 0 saturated heterocycles. The fourth-order valence-corrected chi connectivity index (χ4v) is 1.87. The van der Waals surface area contributed by atoms with E-state index in [9.17, 15) is 9.90 Å². The van der Waals surface area contributed by atoms with Gasteiger partial charge in [0.25, 0.3) is 5.91 Å². The first-order valence-electron chi connectivity index (χ1n) is 6.56. The van der Waals surface area contributed by atoms with E-state index in [4.69, 9.17) is 16.3 Å². The molecule has 2 aromatic rings. The van der Waals surface area contributed by atoms with Gasteiger partial charge in [-0.15, -0.1) is 0 Å². The summed E-state index contributed by atoms with van der Waals surface area (Å²) in [5.74, 6) is 0.174. The van der Waals surface area contributed by atoms with Crippen LogP contribution in [-0.2, 0) is 4.79 Å². The molecule has 114 valence electrons. The zero-order valence-corrected chi connectivity index (χ0v) is 12.7. The third kappa shape index (κ3) is 4.49. The molecule has 0 radical (unpaired) electrons. The molecule has 1 amide bonds. The highest BCUT2D eigenvalue weighted by atomic mass is 35.5. The van der Waals surface area contributed by atoms with E-state index in [1.165, 1.54) is 0 Å². The summed E-state index contributed by atoms with van der Waals surface area (Å²) in [6, 6.07) is 13.5. The number of benzene rings is 2. The lowest BCUT2D eigenvalue weighted by Gasteiger charge is -2.07. The molecular formula is C16H15ClN2O3. The van der Waals surface area contributed by atoms with Crippen LogP contribution in [-0.4, -0.2) is 23.3 Å². The maximum Gasteiger partial charge on any atom is 0.277 e. The molecule has 2 N–H and O–H groups in total. The minimum atomic E-state index is -0.403. The van der Waals surface area contributed by atoms with Gasteiger partial charge in [-0.1, -0.05) is 35.9 Å². The molecule has 0 unspecified atom stereocenters. The zero-order valence-electron chi connectivity index (χ0n) is 11.9. The Morgan fingerprint density at radius 1 is 1.27 bits per heavy atom. The summed E-state index contributed by atoms with van der Waals surface area (Å²) >= 11 is 5.92. The van der Waals surface area contributed by atoms with Crippen LogP contribution < -0.4 is 10.2 Å². The van der Waals surface area contributed by atoms with E-state index in [2.05, 4.69) is 10.5 Å². The minimum absolute atomic E-state index is 0.139. The summed E-state index contributed by atoms with van der Waals surface area (Å²) in [5, 5.41) is 13.8. The van der Waals surface area contributed by atoms with Crippen molar-refractivity contribution < 1.29 is 14.6 Å². The van der Waals surface area contributed by atoms with Crippen molar-refractivity contribution in [1.29, 1.82) is 0 Å². The summed E-state index contributed by atoms with van der Waals surface area (Å²) < 4.78 is 5.30. The second-order valence-corrected chi connectivity index (χ2v) is 4.91. The molecule has 0 bridgehead atoms. The van der Waals surface area contributed by atoms with Crippen molar-refractivity contribution in [2.45, 2.75) is 6.92 Å². The van der Waals surface area contributed by atoms with Crippen LogP contribution in [0.15, 0.2) is 53.6 Å². The molecule has 0 spiro atoms.